The minimum absolute atomic E-state index is 0.182. The number of carbonyl (C=O) groups excluding carboxylic acids is 1. The lowest BCUT2D eigenvalue weighted by molar-refractivity contribution is 0.0545. The molecule has 0 atom stereocenters. The molecule has 0 unspecified atom stereocenters. The van der Waals surface area contributed by atoms with E-state index in [-0.39, 0.29) is 5.91 Å². The number of hydrogen-bond acceptors (Lipinski definition) is 5. The molecule has 0 bridgehead atoms. The SMILES string of the molecule is CCOCCN(CCOCC)C(=O)c1ccc(C#N)cn1. The number of rotatable bonds is 9. The molecule has 0 spiro atoms. The van der Waals surface area contributed by atoms with E-state index in [4.69, 9.17) is 14.7 Å². The van der Waals surface area contributed by atoms with Crippen molar-refractivity contribution in [2.45, 2.75) is 13.8 Å². The zero-order valence-electron chi connectivity index (χ0n) is 12.5. The quantitative estimate of drug-likeness (QED) is 0.644. The molecular formula is C15H21N3O3. The molecular weight excluding hydrogens is 270 g/mol. The van der Waals surface area contributed by atoms with Gasteiger partial charge in [-0.3, -0.25) is 4.79 Å². The van der Waals surface area contributed by atoms with Gasteiger partial charge in [0.25, 0.3) is 5.91 Å². The van der Waals surface area contributed by atoms with E-state index < -0.39 is 0 Å². The van der Waals surface area contributed by atoms with E-state index in [2.05, 4.69) is 4.98 Å². The Kier molecular flexibility index (Phi) is 8.02. The van der Waals surface area contributed by atoms with Crippen LogP contribution in [0.5, 0.6) is 0 Å². The summed E-state index contributed by atoms with van der Waals surface area (Å²) >= 11 is 0. The van der Waals surface area contributed by atoms with Crippen molar-refractivity contribution in [1.29, 1.82) is 5.26 Å². The predicted molar refractivity (Wildman–Crippen MR) is 77.8 cm³/mol. The van der Waals surface area contributed by atoms with Gasteiger partial charge in [-0.2, -0.15) is 5.26 Å². The third kappa shape index (κ3) is 5.90. The van der Waals surface area contributed by atoms with Crippen LogP contribution in [0.3, 0.4) is 0 Å². The zero-order valence-corrected chi connectivity index (χ0v) is 12.5. The van der Waals surface area contributed by atoms with E-state index >= 15 is 0 Å². The number of pyridine rings is 1. The average molecular weight is 291 g/mol. The van der Waals surface area contributed by atoms with Crippen molar-refractivity contribution in [2.75, 3.05) is 39.5 Å². The van der Waals surface area contributed by atoms with Crippen molar-refractivity contribution < 1.29 is 14.3 Å². The smallest absolute Gasteiger partial charge is 0.272 e. The molecule has 0 radical (unpaired) electrons. The first kappa shape index (κ1) is 17.1. The first-order valence-electron chi connectivity index (χ1n) is 7.03. The summed E-state index contributed by atoms with van der Waals surface area (Å²) in [6.07, 6.45) is 1.40. The Morgan fingerprint density at radius 2 is 1.86 bits per heavy atom. The van der Waals surface area contributed by atoms with Gasteiger partial charge in [0.15, 0.2) is 0 Å². The van der Waals surface area contributed by atoms with E-state index in [1.165, 1.54) is 6.20 Å². The van der Waals surface area contributed by atoms with Crippen LogP contribution in [0.1, 0.15) is 29.9 Å². The minimum Gasteiger partial charge on any atom is -0.380 e. The fourth-order valence-corrected chi connectivity index (χ4v) is 1.70. The van der Waals surface area contributed by atoms with Crippen LogP contribution < -0.4 is 0 Å². The first-order chi connectivity index (χ1) is 10.2. The topological polar surface area (TPSA) is 75.5 Å². The normalized spacial score (nSPS) is 10.1. The van der Waals surface area contributed by atoms with Gasteiger partial charge in [0.05, 0.1) is 18.8 Å². The Bertz CT molecular complexity index is 458. The second-order valence-electron chi connectivity index (χ2n) is 4.23. The molecule has 0 saturated heterocycles. The minimum atomic E-state index is -0.182. The van der Waals surface area contributed by atoms with Gasteiger partial charge in [-0.25, -0.2) is 4.98 Å². The van der Waals surface area contributed by atoms with Crippen LogP contribution in [0.2, 0.25) is 0 Å². The summed E-state index contributed by atoms with van der Waals surface area (Å²) in [4.78, 5) is 18.1. The lowest BCUT2D eigenvalue weighted by atomic mass is 10.2. The van der Waals surface area contributed by atoms with Crippen LogP contribution in [0.25, 0.3) is 0 Å². The van der Waals surface area contributed by atoms with Gasteiger partial charge in [-0.05, 0) is 26.0 Å². The number of ether oxygens (including phenoxy) is 2. The highest BCUT2D eigenvalue weighted by Crippen LogP contribution is 2.04. The Morgan fingerprint density at radius 1 is 1.24 bits per heavy atom. The van der Waals surface area contributed by atoms with Crippen molar-refractivity contribution in [3.8, 4) is 6.07 Å². The highest BCUT2D eigenvalue weighted by atomic mass is 16.5. The van der Waals surface area contributed by atoms with Gasteiger partial charge in [0, 0.05) is 32.5 Å². The second-order valence-corrected chi connectivity index (χ2v) is 4.23. The van der Waals surface area contributed by atoms with E-state index in [1.807, 2.05) is 19.9 Å². The van der Waals surface area contributed by atoms with Crippen molar-refractivity contribution in [2.24, 2.45) is 0 Å². The summed E-state index contributed by atoms with van der Waals surface area (Å²) in [6.45, 7) is 6.98. The van der Waals surface area contributed by atoms with Crippen LogP contribution in [0.4, 0.5) is 0 Å². The molecule has 0 saturated carbocycles. The molecule has 21 heavy (non-hydrogen) atoms. The third-order valence-corrected chi connectivity index (χ3v) is 2.82. The first-order valence-corrected chi connectivity index (χ1v) is 7.03. The lowest BCUT2D eigenvalue weighted by Gasteiger charge is -2.22. The van der Waals surface area contributed by atoms with Gasteiger partial charge in [0.1, 0.15) is 11.8 Å². The molecule has 0 aliphatic carbocycles. The van der Waals surface area contributed by atoms with Gasteiger partial charge in [0.2, 0.25) is 0 Å². The van der Waals surface area contributed by atoms with Crippen molar-refractivity contribution in [3.05, 3.63) is 29.6 Å². The Hall–Kier alpha value is -1.97. The van der Waals surface area contributed by atoms with Gasteiger partial charge >= 0.3 is 0 Å². The number of amides is 1. The molecule has 6 nitrogen and oxygen atoms in total. The molecule has 1 heterocycles. The largest absolute Gasteiger partial charge is 0.380 e. The third-order valence-electron chi connectivity index (χ3n) is 2.82. The van der Waals surface area contributed by atoms with Crippen molar-refractivity contribution >= 4 is 5.91 Å². The maximum Gasteiger partial charge on any atom is 0.272 e. The van der Waals surface area contributed by atoms with Gasteiger partial charge < -0.3 is 14.4 Å². The molecule has 0 aromatic carbocycles. The average Bonchev–Trinajstić information content (AvgIpc) is 2.53. The van der Waals surface area contributed by atoms with Crippen molar-refractivity contribution in [3.63, 3.8) is 0 Å². The van der Waals surface area contributed by atoms with Crippen molar-refractivity contribution in [1.82, 2.24) is 9.88 Å². The summed E-state index contributed by atoms with van der Waals surface area (Å²) in [5.41, 5.74) is 0.753. The van der Waals surface area contributed by atoms with Gasteiger partial charge in [-0.1, -0.05) is 0 Å². The summed E-state index contributed by atoms with van der Waals surface area (Å²) in [7, 11) is 0. The Balaban J connectivity index is 2.69. The number of nitriles is 1. The van der Waals surface area contributed by atoms with Crippen LogP contribution in [-0.2, 0) is 9.47 Å². The molecule has 1 aromatic rings. The molecule has 0 N–H and O–H groups in total. The maximum absolute atomic E-state index is 12.4. The monoisotopic (exact) mass is 291 g/mol. The molecule has 0 aliphatic rings. The van der Waals surface area contributed by atoms with Crippen LogP contribution in [-0.4, -0.2) is 55.3 Å². The Morgan fingerprint density at radius 3 is 2.29 bits per heavy atom. The fourth-order valence-electron chi connectivity index (χ4n) is 1.70. The predicted octanol–water partition coefficient (Wildman–Crippen LogP) is 1.47. The lowest BCUT2D eigenvalue weighted by Crippen LogP contribution is -2.37. The standard InChI is InChI=1S/C15H21N3O3/c1-3-20-9-7-18(8-10-21-4-2)15(19)14-6-5-13(11-16)12-17-14/h5-6,12H,3-4,7-10H2,1-2H3. The molecule has 6 heteroatoms. The molecule has 114 valence electrons. The fraction of sp³-hybridized carbons (Fsp3) is 0.533. The molecule has 1 amide bonds. The highest BCUT2D eigenvalue weighted by molar-refractivity contribution is 5.92. The summed E-state index contributed by atoms with van der Waals surface area (Å²) in [6, 6.07) is 5.13. The number of hydrogen-bond donors (Lipinski definition) is 0. The second kappa shape index (κ2) is 9.86. The van der Waals surface area contributed by atoms with Crippen LogP contribution >= 0.6 is 0 Å². The summed E-state index contributed by atoms with van der Waals surface area (Å²) in [5, 5.41) is 8.74. The van der Waals surface area contributed by atoms with E-state index in [0.717, 1.165) is 0 Å². The van der Waals surface area contributed by atoms with Gasteiger partial charge in [-0.15, -0.1) is 0 Å². The molecule has 0 fully saturated rings. The molecule has 1 rings (SSSR count). The van der Waals surface area contributed by atoms with E-state index in [0.29, 0.717) is 50.8 Å². The number of carbonyl (C=O) groups is 1. The van der Waals surface area contributed by atoms with Crippen LogP contribution in [0, 0.1) is 11.3 Å². The molecule has 1 aromatic heterocycles. The number of nitrogens with zero attached hydrogens (tertiary/aromatic N) is 3. The number of aromatic nitrogens is 1. The summed E-state index contributed by atoms with van der Waals surface area (Å²) in [5.74, 6) is -0.182. The highest BCUT2D eigenvalue weighted by Gasteiger charge is 2.16. The summed E-state index contributed by atoms with van der Waals surface area (Å²) < 4.78 is 10.6. The van der Waals surface area contributed by atoms with E-state index in [1.54, 1.807) is 17.0 Å². The van der Waals surface area contributed by atoms with Crippen LogP contribution in [0.15, 0.2) is 18.3 Å². The molecule has 0 aliphatic heterocycles. The Labute approximate surface area is 125 Å². The maximum atomic E-state index is 12.4. The van der Waals surface area contributed by atoms with E-state index in [9.17, 15) is 4.79 Å². The zero-order chi connectivity index (χ0) is 15.5.